The second kappa shape index (κ2) is 7.24. The molecule has 2 heterocycles. The number of likely N-dealkylation sites (tertiary alicyclic amines) is 1. The molecule has 0 radical (unpaired) electrons. The summed E-state index contributed by atoms with van der Waals surface area (Å²) in [5.74, 6) is 0.126. The molecule has 4 heteroatoms. The summed E-state index contributed by atoms with van der Waals surface area (Å²) in [5, 5.41) is 3.15. The number of ether oxygens (including phenoxy) is 1. The minimum atomic E-state index is -0.221. The molecule has 24 heavy (non-hydrogen) atoms. The maximum absolute atomic E-state index is 12.3. The normalized spacial score (nSPS) is 30.6. The highest BCUT2D eigenvalue weighted by molar-refractivity contribution is 5.81. The number of nitrogens with zero attached hydrogens (tertiary/aromatic N) is 1. The van der Waals surface area contributed by atoms with Crippen molar-refractivity contribution in [2.24, 2.45) is 0 Å². The van der Waals surface area contributed by atoms with E-state index < -0.39 is 0 Å². The predicted molar refractivity (Wildman–Crippen MR) is 93.8 cm³/mol. The fraction of sp³-hybridized carbons (Fsp3) is 0.650. The summed E-state index contributed by atoms with van der Waals surface area (Å²) in [6.45, 7) is 2.19. The summed E-state index contributed by atoms with van der Waals surface area (Å²) in [4.78, 5) is 14.9. The Morgan fingerprint density at radius 1 is 1.12 bits per heavy atom. The quantitative estimate of drug-likeness (QED) is 0.903. The highest BCUT2D eigenvalue weighted by Crippen LogP contribution is 2.32. The largest absolute Gasteiger partial charge is 0.363 e. The molecule has 1 N–H and O–H groups in total. The van der Waals surface area contributed by atoms with E-state index in [1.165, 1.54) is 12.0 Å². The third-order valence-corrected chi connectivity index (χ3v) is 5.94. The highest BCUT2D eigenvalue weighted by Gasteiger charge is 2.41. The van der Waals surface area contributed by atoms with Gasteiger partial charge in [-0.3, -0.25) is 9.69 Å². The summed E-state index contributed by atoms with van der Waals surface area (Å²) in [6, 6.07) is 11.6. The number of carbonyl (C=O) groups is 1. The third-order valence-electron chi connectivity index (χ3n) is 5.94. The van der Waals surface area contributed by atoms with Gasteiger partial charge in [-0.15, -0.1) is 0 Å². The fourth-order valence-corrected chi connectivity index (χ4v) is 4.25. The number of amides is 1. The van der Waals surface area contributed by atoms with E-state index in [4.69, 9.17) is 4.74 Å². The van der Waals surface area contributed by atoms with E-state index in [1.54, 1.807) is 0 Å². The van der Waals surface area contributed by atoms with Gasteiger partial charge in [0.2, 0.25) is 5.91 Å². The van der Waals surface area contributed by atoms with Crippen LogP contribution in [0.2, 0.25) is 0 Å². The number of carbonyl (C=O) groups excluding carboxylic acids is 1. The van der Waals surface area contributed by atoms with Crippen LogP contribution in [-0.2, 0) is 16.0 Å². The summed E-state index contributed by atoms with van der Waals surface area (Å²) in [5.41, 5.74) is 1.40. The van der Waals surface area contributed by atoms with E-state index in [0.29, 0.717) is 12.1 Å². The van der Waals surface area contributed by atoms with E-state index in [1.807, 2.05) is 0 Å². The van der Waals surface area contributed by atoms with Gasteiger partial charge in [-0.25, -0.2) is 0 Å². The number of hydrogen-bond donors (Lipinski definition) is 1. The molecule has 3 aliphatic rings. The molecule has 2 saturated heterocycles. The van der Waals surface area contributed by atoms with Crippen LogP contribution in [0, 0.1) is 0 Å². The van der Waals surface area contributed by atoms with Crippen molar-refractivity contribution >= 4 is 5.91 Å². The van der Waals surface area contributed by atoms with Crippen molar-refractivity contribution in [1.82, 2.24) is 10.2 Å². The number of rotatable bonds is 5. The van der Waals surface area contributed by atoms with Crippen LogP contribution in [-0.4, -0.2) is 48.2 Å². The maximum Gasteiger partial charge on any atom is 0.249 e. The van der Waals surface area contributed by atoms with Gasteiger partial charge in [-0.05, 0) is 50.5 Å². The molecule has 0 aromatic heterocycles. The average Bonchev–Trinajstić information content (AvgIpc) is 2.99. The van der Waals surface area contributed by atoms with E-state index in [0.717, 1.165) is 51.6 Å². The lowest BCUT2D eigenvalue weighted by Crippen LogP contribution is -2.51. The number of nitrogens with one attached hydrogen (secondary N) is 1. The SMILES string of the molecule is O=C(NC1CCC1)[C@@H]1CC[C@@H]2[C@@H](CCN2CCc2ccccc2)O1. The molecule has 1 amide bonds. The Hall–Kier alpha value is -1.39. The van der Waals surface area contributed by atoms with Crippen molar-refractivity contribution in [3.63, 3.8) is 0 Å². The van der Waals surface area contributed by atoms with Crippen LogP contribution in [0.15, 0.2) is 30.3 Å². The smallest absolute Gasteiger partial charge is 0.249 e. The molecular weight excluding hydrogens is 300 g/mol. The highest BCUT2D eigenvalue weighted by atomic mass is 16.5. The molecule has 0 unspecified atom stereocenters. The fourth-order valence-electron chi connectivity index (χ4n) is 4.25. The second-order valence-corrected chi connectivity index (χ2v) is 7.50. The zero-order valence-corrected chi connectivity index (χ0v) is 14.3. The zero-order valence-electron chi connectivity index (χ0n) is 14.3. The van der Waals surface area contributed by atoms with Crippen LogP contribution in [0.3, 0.4) is 0 Å². The van der Waals surface area contributed by atoms with E-state index >= 15 is 0 Å². The Morgan fingerprint density at radius 3 is 2.71 bits per heavy atom. The summed E-state index contributed by atoms with van der Waals surface area (Å²) in [6.07, 6.45) is 7.65. The van der Waals surface area contributed by atoms with Gasteiger partial charge >= 0.3 is 0 Å². The molecule has 1 aromatic rings. The maximum atomic E-state index is 12.3. The molecule has 1 aromatic carbocycles. The van der Waals surface area contributed by atoms with Crippen LogP contribution < -0.4 is 5.32 Å². The van der Waals surface area contributed by atoms with Crippen LogP contribution in [0.4, 0.5) is 0 Å². The lowest BCUT2D eigenvalue weighted by molar-refractivity contribution is -0.145. The van der Waals surface area contributed by atoms with Crippen molar-refractivity contribution in [3.8, 4) is 0 Å². The van der Waals surface area contributed by atoms with E-state index in [-0.39, 0.29) is 18.1 Å². The molecule has 4 nitrogen and oxygen atoms in total. The lowest BCUT2D eigenvalue weighted by atomic mass is 9.92. The van der Waals surface area contributed by atoms with Crippen LogP contribution in [0.25, 0.3) is 0 Å². The minimum Gasteiger partial charge on any atom is -0.363 e. The number of fused-ring (bicyclic) bond motifs is 1. The molecule has 3 fully saturated rings. The van der Waals surface area contributed by atoms with Crippen molar-refractivity contribution in [1.29, 1.82) is 0 Å². The van der Waals surface area contributed by atoms with E-state index in [2.05, 4.69) is 40.5 Å². The van der Waals surface area contributed by atoms with E-state index in [9.17, 15) is 4.79 Å². The standard InChI is InChI=1S/C20H28N2O2/c23-20(21-16-7-4-8-16)19-10-9-17-18(24-19)12-14-22(17)13-11-15-5-2-1-3-6-15/h1-3,5-6,16-19H,4,7-14H2,(H,21,23)/t17-,18-,19+/m1/s1. The third kappa shape index (κ3) is 3.50. The lowest BCUT2D eigenvalue weighted by Gasteiger charge is -2.36. The minimum absolute atomic E-state index is 0.126. The molecule has 4 rings (SSSR count). The van der Waals surface area contributed by atoms with Gasteiger partial charge in [0.1, 0.15) is 6.10 Å². The molecule has 1 saturated carbocycles. The van der Waals surface area contributed by atoms with Gasteiger partial charge in [0.25, 0.3) is 0 Å². The van der Waals surface area contributed by atoms with Crippen molar-refractivity contribution in [3.05, 3.63) is 35.9 Å². The first-order chi connectivity index (χ1) is 11.8. The van der Waals surface area contributed by atoms with Crippen LogP contribution in [0.5, 0.6) is 0 Å². The molecule has 2 aliphatic heterocycles. The average molecular weight is 328 g/mol. The molecule has 3 atom stereocenters. The topological polar surface area (TPSA) is 41.6 Å². The van der Waals surface area contributed by atoms with Crippen molar-refractivity contribution in [2.75, 3.05) is 13.1 Å². The molecule has 130 valence electrons. The van der Waals surface area contributed by atoms with Gasteiger partial charge in [-0.1, -0.05) is 30.3 Å². The first kappa shape index (κ1) is 16.1. The predicted octanol–water partition coefficient (Wildman–Crippen LogP) is 2.52. The van der Waals surface area contributed by atoms with Gasteiger partial charge in [-0.2, -0.15) is 0 Å². The monoisotopic (exact) mass is 328 g/mol. The summed E-state index contributed by atoms with van der Waals surface area (Å²) < 4.78 is 6.17. The Balaban J connectivity index is 1.27. The van der Waals surface area contributed by atoms with Crippen molar-refractivity contribution in [2.45, 2.75) is 69.2 Å². The number of hydrogen-bond acceptors (Lipinski definition) is 3. The van der Waals surface area contributed by atoms with Gasteiger partial charge < -0.3 is 10.1 Å². The van der Waals surface area contributed by atoms with Crippen molar-refractivity contribution < 1.29 is 9.53 Å². The Morgan fingerprint density at radius 2 is 1.96 bits per heavy atom. The summed E-state index contributed by atoms with van der Waals surface area (Å²) in [7, 11) is 0. The Labute approximate surface area is 144 Å². The van der Waals surface area contributed by atoms with Crippen LogP contribution >= 0.6 is 0 Å². The van der Waals surface area contributed by atoms with Gasteiger partial charge in [0.05, 0.1) is 6.10 Å². The van der Waals surface area contributed by atoms with Gasteiger partial charge in [0.15, 0.2) is 0 Å². The molecular formula is C20H28N2O2. The zero-order chi connectivity index (χ0) is 16.4. The first-order valence-corrected chi connectivity index (χ1v) is 9.53. The Kier molecular flexibility index (Phi) is 4.86. The second-order valence-electron chi connectivity index (χ2n) is 7.50. The first-order valence-electron chi connectivity index (χ1n) is 9.53. The summed E-state index contributed by atoms with van der Waals surface area (Å²) >= 11 is 0. The van der Waals surface area contributed by atoms with Gasteiger partial charge in [0, 0.05) is 25.2 Å². The molecule has 1 aliphatic carbocycles. The molecule has 0 spiro atoms. The van der Waals surface area contributed by atoms with Crippen LogP contribution in [0.1, 0.15) is 44.1 Å². The number of benzene rings is 1. The molecule has 0 bridgehead atoms. The Bertz CT molecular complexity index is 558.